The zero-order valence-corrected chi connectivity index (χ0v) is 14.8. The zero-order chi connectivity index (χ0) is 17.5. The largest absolute Gasteiger partial charge is 0.320 e. The molecule has 3 rings (SSSR count). The molecule has 0 fully saturated rings. The van der Waals surface area contributed by atoms with Crippen LogP contribution in [0.2, 0.25) is 5.02 Å². The molecule has 24 heavy (non-hydrogen) atoms. The third kappa shape index (κ3) is 3.26. The van der Waals surface area contributed by atoms with Crippen LogP contribution in [-0.4, -0.2) is 20.5 Å². The minimum atomic E-state index is -0.284. The number of rotatable bonds is 2. The van der Waals surface area contributed by atoms with Crippen molar-refractivity contribution in [1.29, 1.82) is 0 Å². The normalized spacial score (nSPS) is 11.7. The molecular formula is C18H19ClN4O. The maximum absolute atomic E-state index is 12.5. The van der Waals surface area contributed by atoms with E-state index in [4.69, 9.17) is 11.6 Å². The Morgan fingerprint density at radius 1 is 1.21 bits per heavy atom. The number of anilines is 1. The molecule has 2 heterocycles. The highest BCUT2D eigenvalue weighted by molar-refractivity contribution is 6.31. The van der Waals surface area contributed by atoms with Gasteiger partial charge in [-0.25, -0.2) is 9.50 Å². The van der Waals surface area contributed by atoms with Crippen molar-refractivity contribution in [2.24, 2.45) is 0 Å². The second-order valence-electron chi connectivity index (χ2n) is 6.81. The number of halogens is 1. The third-order valence-electron chi connectivity index (χ3n) is 3.77. The lowest BCUT2D eigenvalue weighted by Gasteiger charge is -2.13. The molecule has 0 radical (unpaired) electrons. The molecule has 1 aromatic carbocycles. The Bertz CT molecular complexity index is 924. The Morgan fingerprint density at radius 3 is 2.67 bits per heavy atom. The molecule has 0 aliphatic heterocycles. The first-order valence-corrected chi connectivity index (χ1v) is 8.06. The van der Waals surface area contributed by atoms with Crippen LogP contribution in [0.1, 0.15) is 42.5 Å². The summed E-state index contributed by atoms with van der Waals surface area (Å²) in [6.45, 7) is 8.17. The van der Waals surface area contributed by atoms with E-state index < -0.39 is 0 Å². The number of nitrogens with zero attached hydrogens (tertiary/aromatic N) is 3. The zero-order valence-electron chi connectivity index (χ0n) is 14.1. The Kier molecular flexibility index (Phi) is 4.05. The molecule has 2 aromatic heterocycles. The SMILES string of the molecule is Cc1ccc(Cl)cc1NC(=O)c1ccc2nc(C(C)(C)C)cn2n1. The molecule has 0 saturated heterocycles. The average molecular weight is 343 g/mol. The number of carbonyl (C=O) groups excluding carboxylic acids is 1. The number of aryl methyl sites for hydroxylation is 1. The minimum Gasteiger partial charge on any atom is -0.320 e. The van der Waals surface area contributed by atoms with Crippen molar-refractivity contribution in [1.82, 2.24) is 14.6 Å². The number of hydrogen-bond donors (Lipinski definition) is 1. The summed E-state index contributed by atoms with van der Waals surface area (Å²) in [5.41, 5.74) is 3.50. The molecule has 0 spiro atoms. The minimum absolute atomic E-state index is 0.0754. The number of benzene rings is 1. The van der Waals surface area contributed by atoms with Crippen molar-refractivity contribution in [3.63, 3.8) is 0 Å². The van der Waals surface area contributed by atoms with Crippen LogP contribution in [0.3, 0.4) is 0 Å². The topological polar surface area (TPSA) is 59.3 Å². The highest BCUT2D eigenvalue weighted by Crippen LogP contribution is 2.22. The van der Waals surface area contributed by atoms with E-state index in [-0.39, 0.29) is 11.3 Å². The van der Waals surface area contributed by atoms with Crippen LogP contribution in [0.5, 0.6) is 0 Å². The molecule has 3 aromatic rings. The Balaban J connectivity index is 1.91. The Morgan fingerprint density at radius 2 is 1.96 bits per heavy atom. The van der Waals surface area contributed by atoms with Crippen molar-refractivity contribution in [2.45, 2.75) is 33.1 Å². The molecule has 1 amide bonds. The van der Waals surface area contributed by atoms with E-state index in [1.165, 1.54) is 0 Å². The van der Waals surface area contributed by atoms with Gasteiger partial charge in [-0.05, 0) is 36.8 Å². The van der Waals surface area contributed by atoms with E-state index >= 15 is 0 Å². The molecule has 124 valence electrons. The van der Waals surface area contributed by atoms with Crippen LogP contribution in [0.15, 0.2) is 36.5 Å². The van der Waals surface area contributed by atoms with Gasteiger partial charge in [-0.2, -0.15) is 5.10 Å². The van der Waals surface area contributed by atoms with Gasteiger partial charge in [0.2, 0.25) is 0 Å². The Labute approximate surface area is 145 Å². The van der Waals surface area contributed by atoms with E-state index in [1.54, 1.807) is 28.8 Å². The summed E-state index contributed by atoms with van der Waals surface area (Å²) in [5.74, 6) is -0.284. The van der Waals surface area contributed by atoms with Gasteiger partial charge in [0.05, 0.1) is 11.9 Å². The summed E-state index contributed by atoms with van der Waals surface area (Å²) < 4.78 is 1.64. The summed E-state index contributed by atoms with van der Waals surface area (Å²) in [7, 11) is 0. The number of nitrogens with one attached hydrogen (secondary N) is 1. The molecule has 0 aliphatic rings. The number of aromatic nitrogens is 3. The maximum atomic E-state index is 12.5. The fourth-order valence-electron chi connectivity index (χ4n) is 2.28. The number of carbonyl (C=O) groups is 1. The molecule has 1 N–H and O–H groups in total. The van der Waals surface area contributed by atoms with Crippen LogP contribution >= 0.6 is 11.6 Å². The van der Waals surface area contributed by atoms with E-state index in [9.17, 15) is 4.79 Å². The van der Waals surface area contributed by atoms with Gasteiger partial charge in [-0.15, -0.1) is 0 Å². The predicted octanol–water partition coefficient (Wildman–Crippen LogP) is 4.24. The van der Waals surface area contributed by atoms with Gasteiger partial charge in [0, 0.05) is 16.1 Å². The molecule has 6 heteroatoms. The summed E-state index contributed by atoms with van der Waals surface area (Å²) >= 11 is 5.99. The third-order valence-corrected chi connectivity index (χ3v) is 4.00. The van der Waals surface area contributed by atoms with Crippen LogP contribution in [-0.2, 0) is 5.41 Å². The van der Waals surface area contributed by atoms with E-state index in [0.717, 1.165) is 16.9 Å². The number of amides is 1. The average Bonchev–Trinajstić information content (AvgIpc) is 2.94. The van der Waals surface area contributed by atoms with Gasteiger partial charge < -0.3 is 5.32 Å². The fourth-order valence-corrected chi connectivity index (χ4v) is 2.45. The van der Waals surface area contributed by atoms with Crippen molar-refractivity contribution >= 4 is 28.8 Å². The van der Waals surface area contributed by atoms with Crippen molar-refractivity contribution in [3.05, 3.63) is 58.5 Å². The van der Waals surface area contributed by atoms with Gasteiger partial charge in [0.25, 0.3) is 5.91 Å². The molecule has 0 bridgehead atoms. The Hall–Kier alpha value is -2.40. The standard InChI is InChI=1S/C18H19ClN4O/c1-11-5-6-12(19)9-14(11)20-17(24)13-7-8-16-21-15(18(2,3)4)10-23(16)22-13/h5-10H,1-4H3,(H,20,24). The van der Waals surface area contributed by atoms with Crippen LogP contribution < -0.4 is 5.32 Å². The number of imidazole rings is 1. The fraction of sp³-hybridized carbons (Fsp3) is 0.278. The smallest absolute Gasteiger partial charge is 0.276 e. The lowest BCUT2D eigenvalue weighted by molar-refractivity contribution is 0.102. The summed E-state index contributed by atoms with van der Waals surface area (Å²) in [5, 5.41) is 7.79. The second-order valence-corrected chi connectivity index (χ2v) is 7.25. The van der Waals surface area contributed by atoms with Crippen molar-refractivity contribution in [3.8, 4) is 0 Å². The van der Waals surface area contributed by atoms with E-state index in [1.807, 2.05) is 19.2 Å². The summed E-state index contributed by atoms with van der Waals surface area (Å²) in [6.07, 6.45) is 1.86. The summed E-state index contributed by atoms with van der Waals surface area (Å²) in [6, 6.07) is 8.84. The van der Waals surface area contributed by atoms with Gasteiger partial charge in [0.1, 0.15) is 5.69 Å². The highest BCUT2D eigenvalue weighted by Gasteiger charge is 2.19. The number of fused-ring (bicyclic) bond motifs is 1. The van der Waals surface area contributed by atoms with Crippen LogP contribution in [0.4, 0.5) is 5.69 Å². The van der Waals surface area contributed by atoms with Gasteiger partial charge in [-0.1, -0.05) is 38.4 Å². The van der Waals surface area contributed by atoms with Crippen molar-refractivity contribution in [2.75, 3.05) is 5.32 Å². The first-order valence-electron chi connectivity index (χ1n) is 7.68. The highest BCUT2D eigenvalue weighted by atomic mass is 35.5. The first kappa shape index (κ1) is 16.5. The molecular weight excluding hydrogens is 324 g/mol. The first-order chi connectivity index (χ1) is 11.2. The lowest BCUT2D eigenvalue weighted by Crippen LogP contribution is -2.15. The van der Waals surface area contributed by atoms with Gasteiger partial charge in [0.15, 0.2) is 5.65 Å². The van der Waals surface area contributed by atoms with Gasteiger partial charge in [-0.3, -0.25) is 4.79 Å². The van der Waals surface area contributed by atoms with Crippen LogP contribution in [0, 0.1) is 6.92 Å². The van der Waals surface area contributed by atoms with E-state index in [2.05, 4.69) is 36.2 Å². The maximum Gasteiger partial charge on any atom is 0.276 e. The predicted molar refractivity (Wildman–Crippen MR) is 95.8 cm³/mol. The van der Waals surface area contributed by atoms with E-state index in [0.29, 0.717) is 16.4 Å². The second kappa shape index (κ2) is 5.91. The molecule has 5 nitrogen and oxygen atoms in total. The van der Waals surface area contributed by atoms with Crippen LogP contribution in [0.25, 0.3) is 5.65 Å². The van der Waals surface area contributed by atoms with Gasteiger partial charge >= 0.3 is 0 Å². The lowest BCUT2D eigenvalue weighted by atomic mass is 9.93. The molecule has 0 atom stereocenters. The monoisotopic (exact) mass is 342 g/mol. The number of hydrogen-bond acceptors (Lipinski definition) is 3. The quantitative estimate of drug-likeness (QED) is 0.757. The van der Waals surface area contributed by atoms with Crippen molar-refractivity contribution < 1.29 is 4.79 Å². The molecule has 0 unspecified atom stereocenters. The molecule has 0 saturated carbocycles. The summed E-state index contributed by atoms with van der Waals surface area (Å²) in [4.78, 5) is 17.0. The molecule has 0 aliphatic carbocycles.